The first kappa shape index (κ1) is 15.2. The number of halogens is 1. The van der Waals surface area contributed by atoms with Gasteiger partial charge in [0.25, 0.3) is 0 Å². The van der Waals surface area contributed by atoms with Gasteiger partial charge in [-0.3, -0.25) is 10.1 Å². The molecule has 0 fully saturated rings. The molecule has 0 aliphatic carbocycles. The molecule has 2 rings (SSSR count). The molecule has 0 unspecified atom stereocenters. The summed E-state index contributed by atoms with van der Waals surface area (Å²) in [6.07, 6.45) is 0. The van der Waals surface area contributed by atoms with Crippen molar-refractivity contribution in [2.24, 2.45) is 0 Å². The Balaban J connectivity index is 2.54. The third kappa shape index (κ3) is 3.10. The Morgan fingerprint density at radius 3 is 2.62 bits per heavy atom. The van der Waals surface area contributed by atoms with E-state index in [2.05, 4.69) is 36.5 Å². The highest BCUT2D eigenvalue weighted by Crippen LogP contribution is 2.33. The van der Waals surface area contributed by atoms with Crippen LogP contribution in [0.15, 0.2) is 22.7 Å². The van der Waals surface area contributed by atoms with Gasteiger partial charge in [0.2, 0.25) is 11.8 Å². The smallest absolute Gasteiger partial charge is 0.332 e. The molecule has 2 N–H and O–H groups in total. The average Bonchev–Trinajstić information content (AvgIpc) is 2.42. The summed E-state index contributed by atoms with van der Waals surface area (Å²) in [7, 11) is 1.66. The highest BCUT2D eigenvalue weighted by Gasteiger charge is 2.22. The van der Waals surface area contributed by atoms with Gasteiger partial charge in [0.1, 0.15) is 5.69 Å². The minimum absolute atomic E-state index is 0.137. The number of nitrogens with one attached hydrogen (secondary N) is 2. The third-order valence-corrected chi connectivity index (χ3v) is 3.96. The molecule has 0 radical (unpaired) electrons. The number of aromatic nitrogens is 2. The molecule has 1 aromatic heterocycles. The Morgan fingerprint density at radius 2 is 2.00 bits per heavy atom. The molecule has 0 amide bonds. The molecule has 7 nitrogen and oxygen atoms in total. The summed E-state index contributed by atoms with van der Waals surface area (Å²) < 4.78 is 0.835. The molecule has 0 saturated carbocycles. The Kier molecular flexibility index (Phi) is 4.37. The maximum absolute atomic E-state index is 11.2. The molecule has 8 heteroatoms. The van der Waals surface area contributed by atoms with Crippen molar-refractivity contribution in [1.82, 2.24) is 9.97 Å². The molecule has 0 atom stereocenters. The normalized spacial score (nSPS) is 10.3. The Morgan fingerprint density at radius 1 is 1.29 bits per heavy atom. The number of anilines is 3. The van der Waals surface area contributed by atoms with Gasteiger partial charge in [-0.2, -0.15) is 4.98 Å². The van der Waals surface area contributed by atoms with Crippen LogP contribution < -0.4 is 10.6 Å². The molecule has 0 saturated heterocycles. The Bertz CT molecular complexity index is 705. The molecule has 1 heterocycles. The standard InChI is InChI=1S/C13H14BrN5O2/c1-7-5-4-6-9(10(7)14)17-12-11(19(20)21)8(2)16-13(15-3)18-12/h4-6H,1-3H3,(H2,15,16,17,18). The minimum atomic E-state index is -0.485. The first-order chi connectivity index (χ1) is 9.93. The van der Waals surface area contributed by atoms with Gasteiger partial charge in [-0.05, 0) is 41.4 Å². The second-order valence-electron chi connectivity index (χ2n) is 4.40. The van der Waals surface area contributed by atoms with Gasteiger partial charge >= 0.3 is 5.69 Å². The van der Waals surface area contributed by atoms with Gasteiger partial charge in [-0.15, -0.1) is 0 Å². The van der Waals surface area contributed by atoms with Gasteiger partial charge in [0.15, 0.2) is 0 Å². The minimum Gasteiger partial charge on any atom is -0.357 e. The molecule has 21 heavy (non-hydrogen) atoms. The van der Waals surface area contributed by atoms with Gasteiger partial charge < -0.3 is 10.6 Å². The Labute approximate surface area is 130 Å². The van der Waals surface area contributed by atoms with Crippen molar-refractivity contribution in [3.8, 4) is 0 Å². The van der Waals surface area contributed by atoms with Gasteiger partial charge in [0.05, 0.1) is 10.6 Å². The predicted octanol–water partition coefficient (Wildman–Crippen LogP) is 3.55. The van der Waals surface area contributed by atoms with E-state index in [4.69, 9.17) is 0 Å². The summed E-state index contributed by atoms with van der Waals surface area (Å²) in [5.41, 5.74) is 1.88. The third-order valence-electron chi connectivity index (χ3n) is 2.91. The first-order valence-corrected chi connectivity index (χ1v) is 6.96. The number of aryl methyl sites for hydroxylation is 2. The SMILES string of the molecule is CNc1nc(C)c([N+](=O)[O-])c(Nc2cccc(C)c2Br)n1. The quantitative estimate of drug-likeness (QED) is 0.646. The number of hydrogen-bond acceptors (Lipinski definition) is 6. The number of nitrogens with zero attached hydrogens (tertiary/aromatic N) is 3. The van der Waals surface area contributed by atoms with E-state index in [-0.39, 0.29) is 11.5 Å². The van der Waals surface area contributed by atoms with E-state index >= 15 is 0 Å². The van der Waals surface area contributed by atoms with Gasteiger partial charge in [-0.25, -0.2) is 4.98 Å². The zero-order valence-corrected chi connectivity index (χ0v) is 13.4. The fraction of sp³-hybridized carbons (Fsp3) is 0.231. The molecule has 0 aliphatic rings. The summed E-state index contributed by atoms with van der Waals surface area (Å²) in [5.74, 6) is 0.479. The lowest BCUT2D eigenvalue weighted by atomic mass is 10.2. The predicted molar refractivity (Wildman–Crippen MR) is 85.1 cm³/mol. The van der Waals surface area contributed by atoms with Gasteiger partial charge in [0, 0.05) is 11.5 Å². The van der Waals surface area contributed by atoms with E-state index in [0.29, 0.717) is 17.3 Å². The molecule has 1 aromatic carbocycles. The van der Waals surface area contributed by atoms with Crippen LogP contribution in [0.1, 0.15) is 11.3 Å². The fourth-order valence-electron chi connectivity index (χ4n) is 1.86. The highest BCUT2D eigenvalue weighted by atomic mass is 79.9. The summed E-state index contributed by atoms with van der Waals surface area (Å²) in [5, 5.41) is 17.0. The van der Waals surface area contributed by atoms with E-state index in [1.54, 1.807) is 14.0 Å². The van der Waals surface area contributed by atoms with Crippen LogP contribution >= 0.6 is 15.9 Å². The molecular weight excluding hydrogens is 338 g/mol. The fourth-order valence-corrected chi connectivity index (χ4v) is 2.22. The van der Waals surface area contributed by atoms with E-state index in [1.807, 2.05) is 25.1 Å². The van der Waals surface area contributed by atoms with E-state index in [9.17, 15) is 10.1 Å². The second kappa shape index (κ2) is 6.04. The van der Waals surface area contributed by atoms with Crippen LogP contribution in [0.2, 0.25) is 0 Å². The lowest BCUT2D eigenvalue weighted by Crippen LogP contribution is -2.07. The first-order valence-electron chi connectivity index (χ1n) is 6.17. The van der Waals surface area contributed by atoms with Crippen molar-refractivity contribution in [2.45, 2.75) is 13.8 Å². The van der Waals surface area contributed by atoms with Crippen molar-refractivity contribution >= 4 is 39.1 Å². The topological polar surface area (TPSA) is 93.0 Å². The second-order valence-corrected chi connectivity index (χ2v) is 5.19. The lowest BCUT2D eigenvalue weighted by molar-refractivity contribution is -0.385. The van der Waals surface area contributed by atoms with Crippen LogP contribution in [0.3, 0.4) is 0 Å². The van der Waals surface area contributed by atoms with Crippen LogP contribution in [0.4, 0.5) is 23.1 Å². The largest absolute Gasteiger partial charge is 0.357 e. The zero-order chi connectivity index (χ0) is 15.6. The van der Waals surface area contributed by atoms with Crippen LogP contribution in [0.25, 0.3) is 0 Å². The van der Waals surface area contributed by atoms with Crippen molar-refractivity contribution in [1.29, 1.82) is 0 Å². The highest BCUT2D eigenvalue weighted by molar-refractivity contribution is 9.10. The summed E-state index contributed by atoms with van der Waals surface area (Å²) >= 11 is 3.46. The number of hydrogen-bond donors (Lipinski definition) is 2. The molecule has 0 aliphatic heterocycles. The summed E-state index contributed by atoms with van der Waals surface area (Å²) in [6.45, 7) is 3.52. The van der Waals surface area contributed by atoms with E-state index < -0.39 is 4.92 Å². The zero-order valence-electron chi connectivity index (χ0n) is 11.8. The molecular formula is C13H14BrN5O2. The van der Waals surface area contributed by atoms with E-state index in [1.165, 1.54) is 0 Å². The number of benzene rings is 1. The maximum atomic E-state index is 11.2. The monoisotopic (exact) mass is 351 g/mol. The number of nitro groups is 1. The van der Waals surface area contributed by atoms with E-state index in [0.717, 1.165) is 10.0 Å². The summed E-state index contributed by atoms with van der Waals surface area (Å²) in [6, 6.07) is 5.62. The van der Waals surface area contributed by atoms with Crippen LogP contribution in [0, 0.1) is 24.0 Å². The number of rotatable bonds is 4. The molecule has 0 bridgehead atoms. The molecule has 2 aromatic rings. The van der Waals surface area contributed by atoms with Crippen molar-refractivity contribution in [3.05, 3.63) is 44.0 Å². The maximum Gasteiger partial charge on any atom is 0.332 e. The Hall–Kier alpha value is -2.22. The average molecular weight is 352 g/mol. The van der Waals surface area contributed by atoms with Crippen LogP contribution in [-0.4, -0.2) is 21.9 Å². The molecule has 110 valence electrons. The molecule has 0 spiro atoms. The summed E-state index contributed by atoms with van der Waals surface area (Å²) in [4.78, 5) is 18.9. The lowest BCUT2D eigenvalue weighted by Gasteiger charge is -2.11. The van der Waals surface area contributed by atoms with Crippen molar-refractivity contribution in [2.75, 3.05) is 17.7 Å². The van der Waals surface area contributed by atoms with Crippen molar-refractivity contribution in [3.63, 3.8) is 0 Å². The van der Waals surface area contributed by atoms with Crippen molar-refractivity contribution < 1.29 is 4.92 Å². The van der Waals surface area contributed by atoms with Gasteiger partial charge in [-0.1, -0.05) is 12.1 Å². The van der Waals surface area contributed by atoms with Crippen LogP contribution in [0.5, 0.6) is 0 Å². The van der Waals surface area contributed by atoms with Crippen LogP contribution in [-0.2, 0) is 0 Å².